The first kappa shape index (κ1) is 14.3. The molecule has 1 atom stereocenters. The first-order valence-electron chi connectivity index (χ1n) is 6.67. The second-order valence-corrected chi connectivity index (χ2v) is 4.61. The maximum absolute atomic E-state index is 11.3. The molecule has 2 rings (SSSR count). The van der Waals surface area contributed by atoms with Crippen molar-refractivity contribution in [2.45, 2.75) is 19.4 Å². The predicted octanol–water partition coefficient (Wildman–Crippen LogP) is 2.41. The molecule has 20 heavy (non-hydrogen) atoms. The van der Waals surface area contributed by atoms with Crippen LogP contribution in [0.15, 0.2) is 36.4 Å². The predicted molar refractivity (Wildman–Crippen MR) is 78.8 cm³/mol. The molecule has 0 spiro atoms. The second-order valence-electron chi connectivity index (χ2n) is 4.61. The highest BCUT2D eigenvalue weighted by molar-refractivity contribution is 5.87. The highest BCUT2D eigenvalue weighted by atomic mass is 16.5. The van der Waals surface area contributed by atoms with Gasteiger partial charge in [-0.1, -0.05) is 31.2 Å². The largest absolute Gasteiger partial charge is 0.497 e. The number of aliphatic hydroxyl groups is 1. The number of hydrogen-bond acceptors (Lipinski definition) is 3. The van der Waals surface area contributed by atoms with Crippen LogP contribution in [0.3, 0.4) is 0 Å². The van der Waals surface area contributed by atoms with Crippen molar-refractivity contribution in [2.75, 3.05) is 13.7 Å². The topological polar surface area (TPSA) is 58.6 Å². The van der Waals surface area contributed by atoms with Crippen LogP contribution in [-0.2, 0) is 4.79 Å². The van der Waals surface area contributed by atoms with Gasteiger partial charge in [-0.25, -0.2) is 0 Å². The minimum atomic E-state index is -0.735. The zero-order valence-corrected chi connectivity index (χ0v) is 11.7. The van der Waals surface area contributed by atoms with Gasteiger partial charge in [-0.3, -0.25) is 4.79 Å². The Kier molecular flexibility index (Phi) is 4.58. The summed E-state index contributed by atoms with van der Waals surface area (Å²) in [7, 11) is 1.61. The van der Waals surface area contributed by atoms with Crippen LogP contribution in [0.4, 0.5) is 0 Å². The van der Waals surface area contributed by atoms with Crippen molar-refractivity contribution in [3.05, 3.63) is 42.0 Å². The van der Waals surface area contributed by atoms with Gasteiger partial charge in [0, 0.05) is 13.0 Å². The number of hydrogen-bond donors (Lipinski definition) is 2. The number of methoxy groups -OCH3 is 1. The molecule has 0 aliphatic heterocycles. The number of benzene rings is 2. The second kappa shape index (κ2) is 6.39. The average Bonchev–Trinajstić information content (AvgIpc) is 2.50. The summed E-state index contributed by atoms with van der Waals surface area (Å²) in [6.07, 6.45) is -0.322. The van der Waals surface area contributed by atoms with E-state index in [-0.39, 0.29) is 12.5 Å². The summed E-state index contributed by atoms with van der Waals surface area (Å²) in [4.78, 5) is 11.3. The van der Waals surface area contributed by atoms with Gasteiger partial charge >= 0.3 is 0 Å². The van der Waals surface area contributed by atoms with Crippen LogP contribution in [0.25, 0.3) is 10.8 Å². The van der Waals surface area contributed by atoms with Crippen LogP contribution in [0.5, 0.6) is 5.75 Å². The molecule has 1 amide bonds. The smallest absolute Gasteiger partial charge is 0.219 e. The average molecular weight is 273 g/mol. The lowest BCUT2D eigenvalue weighted by molar-refractivity contribution is -0.121. The van der Waals surface area contributed by atoms with Crippen molar-refractivity contribution in [1.82, 2.24) is 5.32 Å². The number of amides is 1. The van der Waals surface area contributed by atoms with E-state index in [2.05, 4.69) is 5.32 Å². The minimum Gasteiger partial charge on any atom is -0.497 e. The van der Waals surface area contributed by atoms with Crippen LogP contribution < -0.4 is 10.1 Å². The Labute approximate surface area is 118 Å². The molecule has 0 aromatic heterocycles. The zero-order chi connectivity index (χ0) is 14.5. The van der Waals surface area contributed by atoms with Crippen LogP contribution >= 0.6 is 0 Å². The normalized spacial score (nSPS) is 12.2. The SMILES string of the molecule is CCC(=O)NC[C@H](O)c1cccc2ccc(OC)cc12. The number of ether oxygens (including phenoxy) is 1. The third-order valence-corrected chi connectivity index (χ3v) is 3.30. The molecule has 0 radical (unpaired) electrons. The molecular weight excluding hydrogens is 254 g/mol. The third-order valence-electron chi connectivity index (χ3n) is 3.30. The zero-order valence-electron chi connectivity index (χ0n) is 11.7. The highest BCUT2D eigenvalue weighted by Gasteiger charge is 2.12. The van der Waals surface area contributed by atoms with Gasteiger partial charge in [-0.15, -0.1) is 0 Å². The molecule has 0 heterocycles. The van der Waals surface area contributed by atoms with Crippen LogP contribution in [0.1, 0.15) is 25.0 Å². The van der Waals surface area contributed by atoms with Gasteiger partial charge in [0.25, 0.3) is 0 Å². The number of carbonyl (C=O) groups excluding carboxylic acids is 1. The van der Waals surface area contributed by atoms with Crippen LogP contribution in [0.2, 0.25) is 0 Å². The van der Waals surface area contributed by atoms with Crippen LogP contribution in [0, 0.1) is 0 Å². The highest BCUT2D eigenvalue weighted by Crippen LogP contribution is 2.27. The molecule has 0 aliphatic rings. The van der Waals surface area contributed by atoms with Crippen molar-refractivity contribution in [3.8, 4) is 5.75 Å². The molecule has 2 aromatic rings. The number of rotatable bonds is 5. The minimum absolute atomic E-state index is 0.0677. The van der Waals surface area contributed by atoms with Crippen molar-refractivity contribution < 1.29 is 14.6 Å². The molecule has 0 aliphatic carbocycles. The first-order valence-corrected chi connectivity index (χ1v) is 6.67. The fourth-order valence-electron chi connectivity index (χ4n) is 2.14. The van der Waals surface area contributed by atoms with E-state index < -0.39 is 6.10 Å². The van der Waals surface area contributed by atoms with Gasteiger partial charge < -0.3 is 15.2 Å². The first-order chi connectivity index (χ1) is 9.65. The Morgan fingerprint density at radius 1 is 1.35 bits per heavy atom. The number of nitrogens with one attached hydrogen (secondary N) is 1. The van der Waals surface area contributed by atoms with E-state index >= 15 is 0 Å². The van der Waals surface area contributed by atoms with Crippen molar-refractivity contribution in [2.24, 2.45) is 0 Å². The van der Waals surface area contributed by atoms with E-state index in [0.717, 1.165) is 22.1 Å². The Hall–Kier alpha value is -2.07. The number of carbonyl (C=O) groups is 1. The number of fused-ring (bicyclic) bond motifs is 1. The maximum Gasteiger partial charge on any atom is 0.219 e. The molecule has 0 saturated carbocycles. The van der Waals surface area contributed by atoms with Gasteiger partial charge in [0.1, 0.15) is 5.75 Å². The van der Waals surface area contributed by atoms with Gasteiger partial charge in [-0.2, -0.15) is 0 Å². The van der Waals surface area contributed by atoms with E-state index in [0.29, 0.717) is 6.42 Å². The van der Waals surface area contributed by atoms with Crippen LogP contribution in [-0.4, -0.2) is 24.7 Å². The summed E-state index contributed by atoms with van der Waals surface area (Å²) < 4.78 is 5.22. The standard InChI is InChI=1S/C16H19NO3/c1-3-16(19)17-10-15(18)13-6-4-5-11-7-8-12(20-2)9-14(11)13/h4-9,15,18H,3,10H2,1-2H3,(H,17,19)/t15-/m0/s1. The van der Waals surface area contributed by atoms with E-state index in [1.165, 1.54) is 0 Å². The Balaban J connectivity index is 2.30. The summed E-state index contributed by atoms with van der Waals surface area (Å²) in [5, 5.41) is 14.9. The summed E-state index contributed by atoms with van der Waals surface area (Å²) >= 11 is 0. The summed E-state index contributed by atoms with van der Waals surface area (Å²) in [6, 6.07) is 11.5. The third kappa shape index (κ3) is 3.08. The molecule has 0 bridgehead atoms. The fourth-order valence-corrected chi connectivity index (χ4v) is 2.14. The Morgan fingerprint density at radius 3 is 2.85 bits per heavy atom. The molecule has 4 heteroatoms. The Bertz CT molecular complexity index is 610. The van der Waals surface area contributed by atoms with Crippen molar-refractivity contribution >= 4 is 16.7 Å². The fraction of sp³-hybridized carbons (Fsp3) is 0.312. The van der Waals surface area contributed by atoms with E-state index in [1.807, 2.05) is 36.4 Å². The molecule has 2 aromatic carbocycles. The number of aliphatic hydroxyl groups excluding tert-OH is 1. The van der Waals surface area contributed by atoms with Gasteiger partial charge in [-0.05, 0) is 28.5 Å². The summed E-state index contributed by atoms with van der Waals surface area (Å²) in [5.41, 5.74) is 0.790. The molecule has 106 valence electrons. The van der Waals surface area contributed by atoms with Gasteiger partial charge in [0.15, 0.2) is 0 Å². The van der Waals surface area contributed by atoms with Gasteiger partial charge in [0.2, 0.25) is 5.91 Å². The lowest BCUT2D eigenvalue weighted by atomic mass is 10.00. The van der Waals surface area contributed by atoms with Gasteiger partial charge in [0.05, 0.1) is 13.2 Å². The lowest BCUT2D eigenvalue weighted by Crippen LogP contribution is -2.27. The monoisotopic (exact) mass is 273 g/mol. The lowest BCUT2D eigenvalue weighted by Gasteiger charge is -2.15. The summed E-state index contributed by atoms with van der Waals surface area (Å²) in [6.45, 7) is 1.99. The molecule has 2 N–H and O–H groups in total. The molecule has 0 fully saturated rings. The maximum atomic E-state index is 11.3. The molecular formula is C16H19NO3. The van der Waals surface area contributed by atoms with Crippen molar-refractivity contribution in [1.29, 1.82) is 0 Å². The summed E-state index contributed by atoms with van der Waals surface area (Å²) in [5.74, 6) is 0.677. The molecule has 0 unspecified atom stereocenters. The quantitative estimate of drug-likeness (QED) is 0.879. The van der Waals surface area contributed by atoms with E-state index in [1.54, 1.807) is 14.0 Å². The van der Waals surface area contributed by atoms with Crippen molar-refractivity contribution in [3.63, 3.8) is 0 Å². The Morgan fingerprint density at radius 2 is 2.15 bits per heavy atom. The van der Waals surface area contributed by atoms with E-state index in [9.17, 15) is 9.90 Å². The van der Waals surface area contributed by atoms with E-state index in [4.69, 9.17) is 4.74 Å². The molecule has 4 nitrogen and oxygen atoms in total. The molecule has 0 saturated heterocycles.